The minimum absolute atomic E-state index is 0.0619. The third-order valence-corrected chi connectivity index (χ3v) is 4.49. The number of nitrogens with one attached hydrogen (secondary N) is 1. The van der Waals surface area contributed by atoms with E-state index < -0.39 is 0 Å². The Morgan fingerprint density at radius 1 is 0.960 bits per heavy atom. The lowest BCUT2D eigenvalue weighted by atomic mass is 9.72. The van der Waals surface area contributed by atoms with Crippen LogP contribution in [0.4, 0.5) is 17.1 Å². The quantitative estimate of drug-likeness (QED) is 0.728. The minimum atomic E-state index is -0.0619. The monoisotopic (exact) mass is 341 g/mol. The molecule has 2 aromatic rings. The van der Waals surface area contributed by atoms with Crippen LogP contribution in [0.15, 0.2) is 42.5 Å². The zero-order valence-electron chi connectivity index (χ0n) is 15.5. The van der Waals surface area contributed by atoms with E-state index >= 15 is 0 Å². The summed E-state index contributed by atoms with van der Waals surface area (Å²) in [5.41, 5.74) is 6.29. The highest BCUT2D eigenvalue weighted by molar-refractivity contribution is 5.80. The summed E-state index contributed by atoms with van der Waals surface area (Å²) in [6.45, 7) is 11.1. The van der Waals surface area contributed by atoms with Crippen molar-refractivity contribution in [2.24, 2.45) is 5.41 Å². The number of hydrogen-bond donors (Lipinski definition) is 3. The number of phenols is 1. The van der Waals surface area contributed by atoms with Gasteiger partial charge in [0.05, 0.1) is 5.69 Å². The topological polar surface area (TPSA) is 59.0 Å². The number of hydrogen-bond acceptors (Lipinski definition) is 5. The number of hydrazine groups is 2. The van der Waals surface area contributed by atoms with Crippen molar-refractivity contribution in [2.75, 3.05) is 15.7 Å². The SMILES string of the molecule is CC(C)(C)CC(C)(C)c1ccc(O)c(N2Nc3ccccc3N2O)c1. The standard InChI is InChI=1S/C20H27N3O2/c1-19(2,3)13-20(4,5)14-10-11-18(24)17(12-14)22-21-15-8-6-7-9-16(15)23(22)25/h6-12,21,24-25H,13H2,1-5H3. The van der Waals surface area contributed by atoms with Crippen LogP contribution in [-0.4, -0.2) is 10.3 Å². The van der Waals surface area contributed by atoms with Gasteiger partial charge in [-0.15, -0.1) is 5.17 Å². The molecule has 0 saturated carbocycles. The molecule has 1 aliphatic heterocycles. The molecule has 2 aromatic carbocycles. The van der Waals surface area contributed by atoms with Crippen LogP contribution in [0.1, 0.15) is 46.6 Å². The molecule has 0 unspecified atom stereocenters. The van der Waals surface area contributed by atoms with E-state index in [2.05, 4.69) is 40.0 Å². The molecule has 1 heterocycles. The van der Waals surface area contributed by atoms with Gasteiger partial charge in [0.15, 0.2) is 0 Å². The average molecular weight is 341 g/mol. The van der Waals surface area contributed by atoms with Crippen LogP contribution >= 0.6 is 0 Å². The van der Waals surface area contributed by atoms with E-state index in [4.69, 9.17) is 0 Å². The number of rotatable bonds is 3. The van der Waals surface area contributed by atoms with E-state index in [0.29, 0.717) is 11.4 Å². The smallest absolute Gasteiger partial charge is 0.143 e. The van der Waals surface area contributed by atoms with Gasteiger partial charge >= 0.3 is 0 Å². The van der Waals surface area contributed by atoms with Crippen LogP contribution in [-0.2, 0) is 5.41 Å². The first-order valence-corrected chi connectivity index (χ1v) is 8.57. The van der Waals surface area contributed by atoms with Crippen molar-refractivity contribution in [3.8, 4) is 5.75 Å². The normalized spacial score (nSPS) is 14.5. The van der Waals surface area contributed by atoms with Crippen molar-refractivity contribution >= 4 is 17.1 Å². The number of anilines is 3. The molecule has 0 radical (unpaired) electrons. The number of nitrogens with zero attached hydrogens (tertiary/aromatic N) is 2. The molecule has 0 bridgehead atoms. The molecule has 1 aliphatic rings. The molecule has 3 N–H and O–H groups in total. The lowest BCUT2D eigenvalue weighted by Crippen LogP contribution is -2.39. The third-order valence-electron chi connectivity index (χ3n) is 4.49. The van der Waals surface area contributed by atoms with Crippen LogP contribution in [0, 0.1) is 5.41 Å². The number of fused-ring (bicyclic) bond motifs is 1. The summed E-state index contributed by atoms with van der Waals surface area (Å²) in [5.74, 6) is 0.106. The summed E-state index contributed by atoms with van der Waals surface area (Å²) in [4.78, 5) is 0. The van der Waals surface area contributed by atoms with Crippen molar-refractivity contribution in [1.82, 2.24) is 0 Å². The second kappa shape index (κ2) is 5.85. The first-order valence-electron chi connectivity index (χ1n) is 8.57. The first kappa shape index (κ1) is 17.4. The summed E-state index contributed by atoms with van der Waals surface area (Å²) < 4.78 is 0. The van der Waals surface area contributed by atoms with Crippen LogP contribution in [0.5, 0.6) is 5.75 Å². The van der Waals surface area contributed by atoms with Gasteiger partial charge < -0.3 is 5.11 Å². The van der Waals surface area contributed by atoms with Crippen molar-refractivity contribution in [1.29, 1.82) is 0 Å². The summed E-state index contributed by atoms with van der Waals surface area (Å²) >= 11 is 0. The second-order valence-electron chi connectivity index (χ2n) is 8.56. The summed E-state index contributed by atoms with van der Waals surface area (Å²) in [6, 6.07) is 13.0. The van der Waals surface area contributed by atoms with Crippen LogP contribution < -0.4 is 15.7 Å². The number of benzene rings is 2. The molecule has 0 saturated heterocycles. The summed E-state index contributed by atoms with van der Waals surface area (Å²) in [7, 11) is 0. The van der Waals surface area contributed by atoms with Crippen LogP contribution in [0.3, 0.4) is 0 Å². The van der Waals surface area contributed by atoms with Crippen molar-refractivity contribution in [3.63, 3.8) is 0 Å². The summed E-state index contributed by atoms with van der Waals surface area (Å²) in [6.07, 6.45) is 1.00. The Kier molecular flexibility index (Phi) is 4.07. The Morgan fingerprint density at radius 3 is 2.28 bits per heavy atom. The second-order valence-corrected chi connectivity index (χ2v) is 8.56. The van der Waals surface area contributed by atoms with Gasteiger partial charge in [-0.1, -0.05) is 52.8 Å². The molecule has 0 aliphatic carbocycles. The Labute approximate surface area is 149 Å². The Balaban J connectivity index is 1.96. The molecule has 134 valence electrons. The lowest BCUT2D eigenvalue weighted by molar-refractivity contribution is 0.254. The van der Waals surface area contributed by atoms with Gasteiger partial charge in [-0.3, -0.25) is 10.6 Å². The largest absolute Gasteiger partial charge is 0.506 e. The minimum Gasteiger partial charge on any atom is -0.506 e. The maximum absolute atomic E-state index is 10.5. The number of phenolic OH excluding ortho intramolecular Hbond substituents is 1. The maximum atomic E-state index is 10.5. The fraction of sp³-hybridized carbons (Fsp3) is 0.400. The van der Waals surface area contributed by atoms with Crippen molar-refractivity contribution < 1.29 is 10.3 Å². The molecule has 0 fully saturated rings. The highest BCUT2D eigenvalue weighted by Crippen LogP contribution is 2.42. The van der Waals surface area contributed by atoms with Crippen LogP contribution in [0.2, 0.25) is 0 Å². The molecule has 0 aromatic heterocycles. The molecule has 0 spiro atoms. The predicted octanol–water partition coefficient (Wildman–Crippen LogP) is 5.06. The highest BCUT2D eigenvalue weighted by atomic mass is 16.6. The van der Waals surface area contributed by atoms with Gasteiger partial charge in [-0.25, -0.2) is 0 Å². The predicted molar refractivity (Wildman–Crippen MR) is 102 cm³/mol. The van der Waals surface area contributed by atoms with Crippen LogP contribution in [0.25, 0.3) is 0 Å². The maximum Gasteiger partial charge on any atom is 0.143 e. The Bertz CT molecular complexity index is 781. The fourth-order valence-electron chi connectivity index (χ4n) is 3.72. The fourth-order valence-corrected chi connectivity index (χ4v) is 3.72. The van der Waals surface area contributed by atoms with E-state index in [1.807, 2.05) is 36.4 Å². The molecule has 25 heavy (non-hydrogen) atoms. The third kappa shape index (κ3) is 3.37. The average Bonchev–Trinajstić information content (AvgIpc) is 2.83. The molecular formula is C20H27N3O2. The van der Waals surface area contributed by atoms with E-state index in [0.717, 1.165) is 22.8 Å². The van der Waals surface area contributed by atoms with Gasteiger partial charge in [-0.2, -0.15) is 5.12 Å². The van der Waals surface area contributed by atoms with E-state index in [9.17, 15) is 10.3 Å². The van der Waals surface area contributed by atoms with Crippen molar-refractivity contribution in [3.05, 3.63) is 48.0 Å². The van der Waals surface area contributed by atoms with E-state index in [-0.39, 0.29) is 16.6 Å². The van der Waals surface area contributed by atoms with Gasteiger partial charge in [0.1, 0.15) is 17.1 Å². The van der Waals surface area contributed by atoms with Gasteiger partial charge in [0.2, 0.25) is 0 Å². The highest BCUT2D eigenvalue weighted by Gasteiger charge is 2.31. The number of aromatic hydroxyl groups is 1. The zero-order valence-corrected chi connectivity index (χ0v) is 15.5. The molecule has 0 amide bonds. The molecule has 5 heteroatoms. The zero-order chi connectivity index (χ0) is 18.4. The molecule has 5 nitrogen and oxygen atoms in total. The van der Waals surface area contributed by atoms with Gasteiger partial charge in [0, 0.05) is 0 Å². The molecular weight excluding hydrogens is 314 g/mol. The Morgan fingerprint density at radius 2 is 1.64 bits per heavy atom. The van der Waals surface area contributed by atoms with Gasteiger partial charge in [-0.05, 0) is 47.1 Å². The van der Waals surface area contributed by atoms with E-state index in [1.165, 1.54) is 5.12 Å². The number of para-hydroxylation sites is 2. The van der Waals surface area contributed by atoms with Crippen molar-refractivity contribution in [2.45, 2.75) is 46.5 Å². The first-order chi connectivity index (χ1) is 11.6. The summed E-state index contributed by atoms with van der Waals surface area (Å²) in [5, 5.41) is 23.3. The Hall–Kier alpha value is -2.40. The van der Waals surface area contributed by atoms with Gasteiger partial charge in [0.25, 0.3) is 0 Å². The van der Waals surface area contributed by atoms with E-state index in [1.54, 1.807) is 6.07 Å². The lowest BCUT2D eigenvalue weighted by Gasteiger charge is -2.34. The molecule has 3 rings (SSSR count). The molecule has 0 atom stereocenters.